The average molecular weight is 215 g/mol. The third-order valence-corrected chi connectivity index (χ3v) is 2.86. The standard InChI is InChI=1S/C10H21N3O2/c1-7(5-10(11)13-14)12-8(2)9-3-4-15-6-9/h7-9,12,14H,3-6H2,1-2H3,(H2,11,13). The summed E-state index contributed by atoms with van der Waals surface area (Å²) in [6.07, 6.45) is 1.68. The van der Waals surface area contributed by atoms with Gasteiger partial charge in [-0.05, 0) is 26.2 Å². The van der Waals surface area contributed by atoms with Crippen LogP contribution in [0.5, 0.6) is 0 Å². The number of ether oxygens (including phenoxy) is 1. The highest BCUT2D eigenvalue weighted by atomic mass is 16.5. The normalized spacial score (nSPS) is 26.5. The quantitative estimate of drug-likeness (QED) is 0.270. The largest absolute Gasteiger partial charge is 0.409 e. The lowest BCUT2D eigenvalue weighted by molar-refractivity contribution is 0.177. The molecule has 1 fully saturated rings. The summed E-state index contributed by atoms with van der Waals surface area (Å²) < 4.78 is 5.33. The average Bonchev–Trinajstić information content (AvgIpc) is 2.70. The summed E-state index contributed by atoms with van der Waals surface area (Å²) in [4.78, 5) is 0. The van der Waals surface area contributed by atoms with Gasteiger partial charge in [-0.3, -0.25) is 0 Å². The first-order chi connectivity index (χ1) is 7.13. The van der Waals surface area contributed by atoms with Gasteiger partial charge in [0.15, 0.2) is 0 Å². The summed E-state index contributed by atoms with van der Waals surface area (Å²) in [7, 11) is 0. The predicted molar refractivity (Wildman–Crippen MR) is 59.0 cm³/mol. The summed E-state index contributed by atoms with van der Waals surface area (Å²) in [6.45, 7) is 5.89. The molecule has 3 unspecified atom stereocenters. The van der Waals surface area contributed by atoms with Crippen LogP contribution in [0.2, 0.25) is 0 Å². The van der Waals surface area contributed by atoms with Gasteiger partial charge in [-0.15, -0.1) is 0 Å². The molecule has 0 spiro atoms. The van der Waals surface area contributed by atoms with Crippen LogP contribution in [0.25, 0.3) is 0 Å². The van der Waals surface area contributed by atoms with E-state index in [1.807, 2.05) is 6.92 Å². The Kier molecular flexibility index (Phi) is 4.84. The van der Waals surface area contributed by atoms with Crippen molar-refractivity contribution in [1.29, 1.82) is 0 Å². The molecule has 0 aromatic heterocycles. The third-order valence-electron chi connectivity index (χ3n) is 2.86. The van der Waals surface area contributed by atoms with Crippen molar-refractivity contribution in [3.8, 4) is 0 Å². The summed E-state index contributed by atoms with van der Waals surface area (Å²) in [6, 6.07) is 0.630. The minimum atomic E-state index is 0.219. The SMILES string of the molecule is CC(CC(N)=NO)NC(C)C1CCOC1. The van der Waals surface area contributed by atoms with E-state index in [0.717, 1.165) is 19.6 Å². The molecule has 0 aromatic rings. The van der Waals surface area contributed by atoms with Crippen molar-refractivity contribution in [3.63, 3.8) is 0 Å². The van der Waals surface area contributed by atoms with Crippen molar-refractivity contribution < 1.29 is 9.94 Å². The van der Waals surface area contributed by atoms with Crippen molar-refractivity contribution in [2.24, 2.45) is 16.8 Å². The van der Waals surface area contributed by atoms with Gasteiger partial charge in [-0.1, -0.05) is 5.16 Å². The van der Waals surface area contributed by atoms with Gasteiger partial charge in [-0.25, -0.2) is 0 Å². The second-order valence-electron chi connectivity index (χ2n) is 4.28. The lowest BCUT2D eigenvalue weighted by Crippen LogP contribution is -2.41. The van der Waals surface area contributed by atoms with Crippen molar-refractivity contribution in [2.75, 3.05) is 13.2 Å². The van der Waals surface area contributed by atoms with Crippen LogP contribution in [0, 0.1) is 5.92 Å². The van der Waals surface area contributed by atoms with E-state index in [-0.39, 0.29) is 11.9 Å². The molecule has 3 atom stereocenters. The van der Waals surface area contributed by atoms with Crippen LogP contribution in [0.1, 0.15) is 26.7 Å². The van der Waals surface area contributed by atoms with Crippen LogP contribution < -0.4 is 11.1 Å². The molecule has 0 bridgehead atoms. The Labute approximate surface area is 90.7 Å². The molecular weight excluding hydrogens is 194 g/mol. The summed E-state index contributed by atoms with van der Waals surface area (Å²) in [5.41, 5.74) is 5.44. The minimum absolute atomic E-state index is 0.219. The molecule has 1 rings (SSSR count). The maximum Gasteiger partial charge on any atom is 0.140 e. The predicted octanol–water partition coefficient (Wildman–Crippen LogP) is 0.526. The molecule has 88 valence electrons. The molecule has 15 heavy (non-hydrogen) atoms. The lowest BCUT2D eigenvalue weighted by atomic mass is 9.99. The van der Waals surface area contributed by atoms with Gasteiger partial charge in [0, 0.05) is 25.1 Å². The minimum Gasteiger partial charge on any atom is -0.409 e. The first-order valence-corrected chi connectivity index (χ1v) is 5.43. The zero-order valence-corrected chi connectivity index (χ0v) is 9.44. The number of amidine groups is 1. The Morgan fingerprint density at radius 3 is 2.93 bits per heavy atom. The molecule has 1 aliphatic rings. The van der Waals surface area contributed by atoms with Gasteiger partial charge in [0.05, 0.1) is 6.61 Å². The zero-order valence-electron chi connectivity index (χ0n) is 9.44. The van der Waals surface area contributed by atoms with Crippen LogP contribution in [0.3, 0.4) is 0 Å². The number of hydrogen-bond donors (Lipinski definition) is 3. The van der Waals surface area contributed by atoms with E-state index in [1.165, 1.54) is 0 Å². The van der Waals surface area contributed by atoms with Crippen molar-refractivity contribution in [2.45, 2.75) is 38.8 Å². The highest BCUT2D eigenvalue weighted by molar-refractivity contribution is 5.80. The van der Waals surface area contributed by atoms with E-state index < -0.39 is 0 Å². The number of rotatable bonds is 5. The smallest absolute Gasteiger partial charge is 0.140 e. The molecule has 1 saturated heterocycles. The maximum atomic E-state index is 8.44. The van der Waals surface area contributed by atoms with Crippen molar-refractivity contribution in [1.82, 2.24) is 5.32 Å². The molecule has 5 nitrogen and oxygen atoms in total. The van der Waals surface area contributed by atoms with Crippen LogP contribution >= 0.6 is 0 Å². The molecule has 4 N–H and O–H groups in total. The first kappa shape index (κ1) is 12.3. The molecule has 0 radical (unpaired) electrons. The molecule has 0 saturated carbocycles. The van der Waals surface area contributed by atoms with Gasteiger partial charge in [0.2, 0.25) is 0 Å². The van der Waals surface area contributed by atoms with Crippen LogP contribution in [-0.4, -0.2) is 36.3 Å². The molecule has 0 aliphatic carbocycles. The van der Waals surface area contributed by atoms with Crippen molar-refractivity contribution in [3.05, 3.63) is 0 Å². The highest BCUT2D eigenvalue weighted by Crippen LogP contribution is 2.16. The fourth-order valence-electron chi connectivity index (χ4n) is 1.95. The summed E-state index contributed by atoms with van der Waals surface area (Å²) in [5.74, 6) is 0.851. The first-order valence-electron chi connectivity index (χ1n) is 5.43. The Morgan fingerprint density at radius 2 is 2.40 bits per heavy atom. The van der Waals surface area contributed by atoms with Crippen LogP contribution in [-0.2, 0) is 4.74 Å². The van der Waals surface area contributed by atoms with Gasteiger partial charge in [-0.2, -0.15) is 0 Å². The van der Waals surface area contributed by atoms with Crippen molar-refractivity contribution >= 4 is 5.84 Å². The molecular formula is C10H21N3O2. The Morgan fingerprint density at radius 1 is 1.67 bits per heavy atom. The lowest BCUT2D eigenvalue weighted by Gasteiger charge is -2.23. The second kappa shape index (κ2) is 5.92. The van der Waals surface area contributed by atoms with Gasteiger partial charge >= 0.3 is 0 Å². The molecule has 1 heterocycles. The molecule has 0 amide bonds. The van der Waals surface area contributed by atoms with E-state index in [0.29, 0.717) is 18.4 Å². The Balaban J connectivity index is 2.27. The Hall–Kier alpha value is -0.810. The molecule has 0 aromatic carbocycles. The number of nitrogens with one attached hydrogen (secondary N) is 1. The summed E-state index contributed by atoms with van der Waals surface area (Å²) >= 11 is 0. The maximum absolute atomic E-state index is 8.44. The van der Waals surface area contributed by atoms with E-state index in [4.69, 9.17) is 15.7 Å². The van der Waals surface area contributed by atoms with Gasteiger partial charge in [0.1, 0.15) is 5.84 Å². The fourth-order valence-corrected chi connectivity index (χ4v) is 1.95. The van der Waals surface area contributed by atoms with Crippen LogP contribution in [0.4, 0.5) is 0 Å². The van der Waals surface area contributed by atoms with E-state index in [1.54, 1.807) is 0 Å². The summed E-state index contributed by atoms with van der Waals surface area (Å²) in [5, 5.41) is 14.8. The topological polar surface area (TPSA) is 79.9 Å². The number of nitrogens with zero attached hydrogens (tertiary/aromatic N) is 1. The van der Waals surface area contributed by atoms with Crippen LogP contribution in [0.15, 0.2) is 5.16 Å². The van der Waals surface area contributed by atoms with E-state index in [2.05, 4.69) is 17.4 Å². The number of hydrogen-bond acceptors (Lipinski definition) is 4. The second-order valence-corrected chi connectivity index (χ2v) is 4.28. The molecule has 5 heteroatoms. The monoisotopic (exact) mass is 215 g/mol. The molecule has 1 aliphatic heterocycles. The highest BCUT2D eigenvalue weighted by Gasteiger charge is 2.23. The van der Waals surface area contributed by atoms with Gasteiger partial charge in [0.25, 0.3) is 0 Å². The van der Waals surface area contributed by atoms with E-state index >= 15 is 0 Å². The van der Waals surface area contributed by atoms with E-state index in [9.17, 15) is 0 Å². The fraction of sp³-hybridized carbons (Fsp3) is 0.900. The number of oxime groups is 1. The zero-order chi connectivity index (χ0) is 11.3. The third kappa shape index (κ3) is 4.05. The van der Waals surface area contributed by atoms with Gasteiger partial charge < -0.3 is 21.0 Å². The number of nitrogens with two attached hydrogens (primary N) is 1. The Bertz CT molecular complexity index is 215.